The van der Waals surface area contributed by atoms with Gasteiger partial charge in [0.25, 0.3) is 0 Å². The third kappa shape index (κ3) is 2.50. The van der Waals surface area contributed by atoms with Crippen molar-refractivity contribution in [2.45, 2.75) is 32.4 Å². The molecule has 1 N–H and O–H groups in total. The summed E-state index contributed by atoms with van der Waals surface area (Å²) in [5.41, 5.74) is 0.457. The van der Waals surface area contributed by atoms with E-state index in [1.54, 1.807) is 19.9 Å². The van der Waals surface area contributed by atoms with Crippen molar-refractivity contribution >= 4 is 23.5 Å². The first kappa shape index (κ1) is 14.8. The summed E-state index contributed by atoms with van der Waals surface area (Å²) < 4.78 is 13.6. The van der Waals surface area contributed by atoms with Gasteiger partial charge in [0.2, 0.25) is 5.91 Å². The maximum Gasteiger partial charge on any atom is 0.309 e. The lowest BCUT2D eigenvalue weighted by Crippen LogP contribution is -2.36. The molecule has 2 rings (SSSR count). The predicted octanol–water partition coefficient (Wildman–Crippen LogP) is 2.86. The number of likely N-dealkylation sites (tertiary alicyclic amines) is 1. The Morgan fingerprint density at radius 1 is 1.50 bits per heavy atom. The summed E-state index contributed by atoms with van der Waals surface area (Å²) in [7, 11) is 0. The minimum Gasteiger partial charge on any atom is -0.481 e. The van der Waals surface area contributed by atoms with Gasteiger partial charge in [0.05, 0.1) is 17.0 Å². The average molecular weight is 300 g/mol. The molecular formula is C14H15ClFNO3. The minimum absolute atomic E-state index is 0.0268. The first-order chi connectivity index (χ1) is 9.32. The van der Waals surface area contributed by atoms with Gasteiger partial charge in [0.15, 0.2) is 0 Å². The topological polar surface area (TPSA) is 57.6 Å². The molecule has 2 unspecified atom stereocenters. The Balaban J connectivity index is 2.48. The summed E-state index contributed by atoms with van der Waals surface area (Å²) in [6.07, 6.45) is -0.0670. The van der Waals surface area contributed by atoms with Crippen LogP contribution < -0.4 is 0 Å². The van der Waals surface area contributed by atoms with Crippen LogP contribution in [0.15, 0.2) is 18.2 Å². The van der Waals surface area contributed by atoms with Crippen molar-refractivity contribution in [2.24, 2.45) is 5.92 Å². The Hall–Kier alpha value is -1.62. The van der Waals surface area contributed by atoms with Crippen molar-refractivity contribution < 1.29 is 19.1 Å². The van der Waals surface area contributed by atoms with Crippen LogP contribution in [0.3, 0.4) is 0 Å². The number of hydrogen-bond donors (Lipinski definition) is 1. The quantitative estimate of drug-likeness (QED) is 0.933. The van der Waals surface area contributed by atoms with E-state index >= 15 is 0 Å². The molecule has 6 heteroatoms. The molecule has 2 atom stereocenters. The summed E-state index contributed by atoms with van der Waals surface area (Å²) >= 11 is 5.64. The highest BCUT2D eigenvalue weighted by Crippen LogP contribution is 2.40. The van der Waals surface area contributed by atoms with Gasteiger partial charge in [-0.25, -0.2) is 4.39 Å². The normalized spacial score (nSPS) is 22.6. The van der Waals surface area contributed by atoms with Gasteiger partial charge < -0.3 is 10.0 Å². The Morgan fingerprint density at radius 2 is 2.15 bits per heavy atom. The second-order valence-corrected chi connectivity index (χ2v) is 5.57. The molecule has 0 aromatic heterocycles. The second kappa shape index (κ2) is 5.40. The first-order valence-corrected chi connectivity index (χ1v) is 6.69. The molecule has 4 nitrogen and oxygen atoms in total. The molecule has 0 radical (unpaired) electrons. The molecular weight excluding hydrogens is 285 g/mol. The van der Waals surface area contributed by atoms with Gasteiger partial charge in [-0.05, 0) is 31.5 Å². The summed E-state index contributed by atoms with van der Waals surface area (Å²) in [6, 6.07) is 3.34. The zero-order chi connectivity index (χ0) is 15.0. The fourth-order valence-corrected chi connectivity index (χ4v) is 2.79. The molecule has 0 spiro atoms. The standard InChI is InChI=1S/C14H15ClFNO3/c1-7(2)17-12(18)6-9(14(19)20)13(17)8-3-4-10(15)11(16)5-8/h3-5,7,9,13H,6H2,1-2H3,(H,19,20). The number of carbonyl (C=O) groups is 2. The van der Waals surface area contributed by atoms with Crippen molar-refractivity contribution in [1.82, 2.24) is 4.90 Å². The molecule has 20 heavy (non-hydrogen) atoms. The minimum atomic E-state index is -1.05. The van der Waals surface area contributed by atoms with E-state index in [4.69, 9.17) is 11.6 Å². The van der Waals surface area contributed by atoms with Crippen LogP contribution in [-0.2, 0) is 9.59 Å². The molecule has 1 aliphatic heterocycles. The van der Waals surface area contributed by atoms with Crippen molar-refractivity contribution in [1.29, 1.82) is 0 Å². The smallest absolute Gasteiger partial charge is 0.309 e. The van der Waals surface area contributed by atoms with Gasteiger partial charge >= 0.3 is 5.97 Å². The van der Waals surface area contributed by atoms with Gasteiger partial charge in [-0.1, -0.05) is 17.7 Å². The maximum atomic E-state index is 13.6. The van der Waals surface area contributed by atoms with Crippen molar-refractivity contribution in [2.75, 3.05) is 0 Å². The third-order valence-electron chi connectivity index (χ3n) is 3.52. The SMILES string of the molecule is CC(C)N1C(=O)CC(C(=O)O)C1c1ccc(Cl)c(F)c1. The van der Waals surface area contributed by atoms with Crippen LogP contribution in [0.1, 0.15) is 31.9 Å². The van der Waals surface area contributed by atoms with E-state index in [0.717, 1.165) is 0 Å². The average Bonchev–Trinajstić information content (AvgIpc) is 2.70. The van der Waals surface area contributed by atoms with Crippen LogP contribution in [0.5, 0.6) is 0 Å². The molecule has 1 aromatic rings. The van der Waals surface area contributed by atoms with Crippen molar-refractivity contribution in [3.05, 3.63) is 34.6 Å². The van der Waals surface area contributed by atoms with E-state index in [-0.39, 0.29) is 23.4 Å². The number of nitrogens with zero attached hydrogens (tertiary/aromatic N) is 1. The first-order valence-electron chi connectivity index (χ1n) is 6.32. The molecule has 0 saturated carbocycles. The van der Waals surface area contributed by atoms with Gasteiger partial charge in [0.1, 0.15) is 5.82 Å². The van der Waals surface area contributed by atoms with Gasteiger partial charge in [-0.15, -0.1) is 0 Å². The van der Waals surface area contributed by atoms with E-state index < -0.39 is 23.7 Å². The summed E-state index contributed by atoms with van der Waals surface area (Å²) in [5, 5.41) is 9.26. The van der Waals surface area contributed by atoms with E-state index in [0.29, 0.717) is 5.56 Å². The highest BCUT2D eigenvalue weighted by Gasteiger charge is 2.45. The molecule has 0 bridgehead atoms. The fourth-order valence-electron chi connectivity index (χ4n) is 2.67. The highest BCUT2D eigenvalue weighted by molar-refractivity contribution is 6.30. The van der Waals surface area contributed by atoms with Crippen molar-refractivity contribution in [3.63, 3.8) is 0 Å². The molecule has 108 valence electrons. The molecule has 1 aromatic carbocycles. The summed E-state index contributed by atoms with van der Waals surface area (Å²) in [5.74, 6) is -2.77. The van der Waals surface area contributed by atoms with Crippen LogP contribution in [0.4, 0.5) is 4.39 Å². The van der Waals surface area contributed by atoms with Gasteiger partial charge in [-0.3, -0.25) is 9.59 Å². The van der Waals surface area contributed by atoms with E-state index in [1.807, 2.05) is 0 Å². The molecule has 1 saturated heterocycles. The molecule has 1 aliphatic rings. The van der Waals surface area contributed by atoms with E-state index in [9.17, 15) is 19.1 Å². The molecule has 1 heterocycles. The van der Waals surface area contributed by atoms with Gasteiger partial charge in [-0.2, -0.15) is 0 Å². The van der Waals surface area contributed by atoms with Crippen LogP contribution in [-0.4, -0.2) is 27.9 Å². The number of halogens is 2. The highest BCUT2D eigenvalue weighted by atomic mass is 35.5. The predicted molar refractivity (Wildman–Crippen MR) is 71.9 cm³/mol. The molecule has 1 amide bonds. The van der Waals surface area contributed by atoms with Crippen LogP contribution in [0, 0.1) is 11.7 Å². The number of benzene rings is 1. The lowest BCUT2D eigenvalue weighted by atomic mass is 9.93. The zero-order valence-corrected chi connectivity index (χ0v) is 11.9. The maximum absolute atomic E-state index is 13.6. The lowest BCUT2D eigenvalue weighted by Gasteiger charge is -2.30. The van der Waals surface area contributed by atoms with E-state index in [2.05, 4.69) is 0 Å². The van der Waals surface area contributed by atoms with Crippen LogP contribution in [0.25, 0.3) is 0 Å². The number of aliphatic carboxylic acids is 1. The van der Waals surface area contributed by atoms with Crippen LogP contribution >= 0.6 is 11.6 Å². The fraction of sp³-hybridized carbons (Fsp3) is 0.429. The Bertz CT molecular complexity index is 561. The number of carboxylic acid groups (broad SMARTS) is 1. The number of carboxylic acids is 1. The summed E-state index contributed by atoms with van der Waals surface area (Å²) in [6.45, 7) is 3.61. The lowest BCUT2D eigenvalue weighted by molar-refractivity contribution is -0.142. The monoisotopic (exact) mass is 299 g/mol. The Morgan fingerprint density at radius 3 is 2.65 bits per heavy atom. The third-order valence-corrected chi connectivity index (χ3v) is 3.83. The van der Waals surface area contributed by atoms with E-state index in [1.165, 1.54) is 17.0 Å². The largest absolute Gasteiger partial charge is 0.481 e. The number of rotatable bonds is 3. The Labute approximate surface area is 121 Å². The second-order valence-electron chi connectivity index (χ2n) is 5.16. The molecule has 1 fully saturated rings. The van der Waals surface area contributed by atoms with Crippen molar-refractivity contribution in [3.8, 4) is 0 Å². The summed E-state index contributed by atoms with van der Waals surface area (Å²) in [4.78, 5) is 24.9. The van der Waals surface area contributed by atoms with Crippen LogP contribution in [0.2, 0.25) is 5.02 Å². The Kier molecular flexibility index (Phi) is 3.99. The molecule has 0 aliphatic carbocycles. The number of carbonyl (C=O) groups excluding carboxylic acids is 1. The van der Waals surface area contributed by atoms with Gasteiger partial charge in [0, 0.05) is 12.5 Å². The number of amides is 1. The number of hydrogen-bond acceptors (Lipinski definition) is 2. The zero-order valence-electron chi connectivity index (χ0n) is 11.1.